The largest absolute Gasteiger partial charge is 0.493 e. The fourth-order valence-electron chi connectivity index (χ4n) is 3.49. The first-order chi connectivity index (χ1) is 16.7. The summed E-state index contributed by atoms with van der Waals surface area (Å²) < 4.78 is 57.6. The average molecular weight is 494 g/mol. The van der Waals surface area contributed by atoms with Gasteiger partial charge in [-0.2, -0.15) is 13.2 Å². The topological polar surface area (TPSA) is 49.3 Å². The van der Waals surface area contributed by atoms with Gasteiger partial charge in [0.15, 0.2) is 0 Å². The molecule has 0 N–H and O–H groups in total. The van der Waals surface area contributed by atoms with Gasteiger partial charge in [0.1, 0.15) is 31.0 Å². The Morgan fingerprint density at radius 1 is 0.943 bits per heavy atom. The van der Waals surface area contributed by atoms with Crippen LogP contribution in [0.15, 0.2) is 47.6 Å². The number of unbranched alkanes of at least 4 members (excludes halogenated alkanes) is 2. The molecule has 0 saturated heterocycles. The van der Waals surface area contributed by atoms with E-state index in [-0.39, 0.29) is 12.4 Å². The number of alkyl halides is 3. The van der Waals surface area contributed by atoms with Gasteiger partial charge in [-0.05, 0) is 94.0 Å². The van der Waals surface area contributed by atoms with E-state index >= 15 is 0 Å². The van der Waals surface area contributed by atoms with E-state index in [1.54, 1.807) is 6.92 Å². The van der Waals surface area contributed by atoms with E-state index in [2.05, 4.69) is 9.99 Å². The Bertz CT molecular complexity index is 993. The lowest BCUT2D eigenvalue weighted by molar-refractivity contribution is -0.139. The molecule has 0 atom stereocenters. The van der Waals surface area contributed by atoms with Crippen LogP contribution in [0.3, 0.4) is 0 Å². The van der Waals surface area contributed by atoms with E-state index in [1.807, 2.05) is 45.1 Å². The highest BCUT2D eigenvalue weighted by Gasteiger charge is 2.35. The quantitative estimate of drug-likeness (QED) is 0.127. The van der Waals surface area contributed by atoms with Crippen molar-refractivity contribution in [2.24, 2.45) is 5.16 Å². The molecule has 0 aliphatic carbocycles. The van der Waals surface area contributed by atoms with Crippen molar-refractivity contribution in [2.75, 3.05) is 26.9 Å². The van der Waals surface area contributed by atoms with Crippen molar-refractivity contribution < 1.29 is 32.2 Å². The first kappa shape index (κ1) is 28.1. The Balaban J connectivity index is 1.82. The fraction of sp³-hybridized carbons (Fsp3) is 0.444. The Morgan fingerprint density at radius 2 is 1.60 bits per heavy atom. The summed E-state index contributed by atoms with van der Waals surface area (Å²) in [4.78, 5) is 4.65. The molecule has 0 bridgehead atoms. The van der Waals surface area contributed by atoms with Crippen molar-refractivity contribution in [1.29, 1.82) is 0 Å². The van der Waals surface area contributed by atoms with E-state index in [0.29, 0.717) is 30.9 Å². The summed E-state index contributed by atoms with van der Waals surface area (Å²) in [5.41, 5.74) is 1.85. The third-order valence-corrected chi connectivity index (χ3v) is 5.24. The maximum Gasteiger partial charge on any atom is 0.419 e. The number of rotatable bonds is 13. The SMILES string of the molecule is C/C=C/COc1cc(C)c(OCCCCCOc2ccc(/C(C)=N/OC)cc2C(F)(F)F)c(C)c1. The minimum atomic E-state index is -4.53. The molecule has 5 nitrogen and oxygen atoms in total. The minimum Gasteiger partial charge on any atom is -0.493 e. The maximum absolute atomic E-state index is 13.5. The van der Waals surface area contributed by atoms with Crippen LogP contribution in [0.5, 0.6) is 17.2 Å². The Kier molecular flexibility index (Phi) is 11.0. The van der Waals surface area contributed by atoms with Crippen LogP contribution in [0.4, 0.5) is 13.2 Å². The van der Waals surface area contributed by atoms with Crippen molar-refractivity contribution in [1.82, 2.24) is 0 Å². The van der Waals surface area contributed by atoms with Crippen molar-refractivity contribution in [3.05, 3.63) is 64.7 Å². The smallest absolute Gasteiger partial charge is 0.419 e. The third-order valence-electron chi connectivity index (χ3n) is 5.24. The number of nitrogens with zero attached hydrogens (tertiary/aromatic N) is 1. The number of aryl methyl sites for hydroxylation is 2. The molecule has 0 radical (unpaired) electrons. The third kappa shape index (κ3) is 8.85. The summed E-state index contributed by atoms with van der Waals surface area (Å²) in [5, 5.41) is 3.69. The molecular formula is C27H34F3NO4. The predicted octanol–water partition coefficient (Wildman–Crippen LogP) is 7.28. The minimum absolute atomic E-state index is 0.184. The Morgan fingerprint density at radius 3 is 2.20 bits per heavy atom. The molecule has 0 aliphatic heterocycles. The second-order valence-corrected chi connectivity index (χ2v) is 8.09. The molecule has 0 aliphatic rings. The van der Waals surface area contributed by atoms with Gasteiger partial charge in [-0.1, -0.05) is 17.3 Å². The van der Waals surface area contributed by atoms with E-state index in [0.717, 1.165) is 41.5 Å². The standard InChI is InChI=1S/C27H34F3NO4/c1-6-7-13-33-23-16-19(2)26(20(3)17-23)35-15-10-8-9-14-34-25-12-11-22(21(4)31-32-5)18-24(25)27(28,29)30/h6-7,11-12,16-18H,8-10,13-15H2,1-5H3/b7-6+,31-21+. The summed E-state index contributed by atoms with van der Waals surface area (Å²) >= 11 is 0. The molecule has 2 aromatic carbocycles. The van der Waals surface area contributed by atoms with Gasteiger partial charge < -0.3 is 19.0 Å². The number of ether oxygens (including phenoxy) is 3. The molecule has 0 saturated carbocycles. The van der Waals surface area contributed by atoms with Gasteiger partial charge in [-0.3, -0.25) is 0 Å². The average Bonchev–Trinajstić information content (AvgIpc) is 2.79. The number of benzene rings is 2. The van der Waals surface area contributed by atoms with Crippen molar-refractivity contribution >= 4 is 5.71 Å². The predicted molar refractivity (Wildman–Crippen MR) is 132 cm³/mol. The first-order valence-electron chi connectivity index (χ1n) is 11.6. The van der Waals surface area contributed by atoms with Crippen LogP contribution < -0.4 is 14.2 Å². The van der Waals surface area contributed by atoms with Crippen LogP contribution in [-0.2, 0) is 11.0 Å². The van der Waals surface area contributed by atoms with Crippen molar-refractivity contribution in [3.63, 3.8) is 0 Å². The van der Waals surface area contributed by atoms with Gasteiger partial charge in [-0.15, -0.1) is 0 Å². The number of halogens is 3. The molecule has 0 spiro atoms. The molecule has 0 fully saturated rings. The van der Waals surface area contributed by atoms with Gasteiger partial charge in [0.25, 0.3) is 0 Å². The van der Waals surface area contributed by atoms with E-state index in [4.69, 9.17) is 14.2 Å². The van der Waals surface area contributed by atoms with Crippen LogP contribution in [-0.4, -0.2) is 32.6 Å². The van der Waals surface area contributed by atoms with Crippen LogP contribution >= 0.6 is 0 Å². The van der Waals surface area contributed by atoms with Crippen LogP contribution in [0.25, 0.3) is 0 Å². The van der Waals surface area contributed by atoms with Gasteiger partial charge in [0.2, 0.25) is 0 Å². The van der Waals surface area contributed by atoms with E-state index in [9.17, 15) is 13.2 Å². The molecule has 192 valence electrons. The Labute approximate surface area is 205 Å². The van der Waals surface area contributed by atoms with Crippen LogP contribution in [0.2, 0.25) is 0 Å². The number of oxime groups is 1. The number of hydrogen-bond donors (Lipinski definition) is 0. The molecule has 2 aromatic rings. The monoisotopic (exact) mass is 493 g/mol. The van der Waals surface area contributed by atoms with Crippen LogP contribution in [0.1, 0.15) is 55.4 Å². The lowest BCUT2D eigenvalue weighted by Gasteiger charge is -2.16. The Hall–Kier alpha value is -3.16. The van der Waals surface area contributed by atoms with E-state index in [1.165, 1.54) is 19.2 Å². The summed E-state index contributed by atoms with van der Waals surface area (Å²) in [6, 6.07) is 7.80. The maximum atomic E-state index is 13.5. The zero-order valence-electron chi connectivity index (χ0n) is 21.0. The van der Waals surface area contributed by atoms with Gasteiger partial charge in [0, 0.05) is 0 Å². The van der Waals surface area contributed by atoms with Gasteiger partial charge in [-0.25, -0.2) is 0 Å². The number of hydrogen-bond acceptors (Lipinski definition) is 5. The molecule has 8 heteroatoms. The van der Waals surface area contributed by atoms with Gasteiger partial charge in [0.05, 0.1) is 24.5 Å². The van der Waals surface area contributed by atoms with Gasteiger partial charge >= 0.3 is 6.18 Å². The summed E-state index contributed by atoms with van der Waals surface area (Å²) in [5.74, 6) is 1.45. The lowest BCUT2D eigenvalue weighted by atomic mass is 10.1. The van der Waals surface area contributed by atoms with Crippen molar-refractivity contribution in [3.8, 4) is 17.2 Å². The van der Waals surface area contributed by atoms with Crippen LogP contribution in [0, 0.1) is 13.8 Å². The zero-order valence-corrected chi connectivity index (χ0v) is 21.0. The molecule has 0 aromatic heterocycles. The highest BCUT2D eigenvalue weighted by Crippen LogP contribution is 2.37. The normalized spacial score (nSPS) is 12.2. The molecule has 35 heavy (non-hydrogen) atoms. The van der Waals surface area contributed by atoms with E-state index < -0.39 is 11.7 Å². The summed E-state index contributed by atoms with van der Waals surface area (Å²) in [6.07, 6.45) is 1.49. The lowest BCUT2D eigenvalue weighted by Crippen LogP contribution is -2.11. The second kappa shape index (κ2) is 13.7. The molecule has 0 amide bonds. The van der Waals surface area contributed by atoms with Crippen molar-refractivity contribution in [2.45, 2.75) is 53.1 Å². The fourth-order valence-corrected chi connectivity index (χ4v) is 3.49. The molecular weight excluding hydrogens is 459 g/mol. The molecule has 0 heterocycles. The summed E-state index contributed by atoms with van der Waals surface area (Å²) in [7, 11) is 1.34. The second-order valence-electron chi connectivity index (χ2n) is 8.09. The molecule has 0 unspecified atom stereocenters. The highest BCUT2D eigenvalue weighted by molar-refractivity contribution is 5.98. The first-order valence-corrected chi connectivity index (χ1v) is 11.6. The molecule has 2 rings (SSSR count). The highest BCUT2D eigenvalue weighted by atomic mass is 19.4. The number of allylic oxidation sites excluding steroid dienone is 1. The zero-order chi connectivity index (χ0) is 25.8. The summed E-state index contributed by atoms with van der Waals surface area (Å²) in [6.45, 7) is 8.70.